The molecule has 1 amide bonds. The van der Waals surface area contributed by atoms with Gasteiger partial charge in [-0.3, -0.25) is 4.79 Å². The van der Waals surface area contributed by atoms with Crippen LogP contribution in [0.3, 0.4) is 0 Å². The van der Waals surface area contributed by atoms with Crippen LogP contribution in [0.5, 0.6) is 0 Å². The number of halogens is 1. The van der Waals surface area contributed by atoms with Crippen LogP contribution in [0.4, 0.5) is 11.5 Å². The Morgan fingerprint density at radius 2 is 2.10 bits per heavy atom. The van der Waals surface area contributed by atoms with Crippen molar-refractivity contribution in [1.29, 1.82) is 0 Å². The van der Waals surface area contributed by atoms with Crippen molar-refractivity contribution in [2.45, 2.75) is 26.7 Å². The summed E-state index contributed by atoms with van der Waals surface area (Å²) in [5.74, 6) is 0.183. The highest BCUT2D eigenvalue weighted by Crippen LogP contribution is 2.24. The molecule has 2 rings (SSSR count). The Morgan fingerprint density at radius 3 is 2.81 bits per heavy atom. The summed E-state index contributed by atoms with van der Waals surface area (Å²) < 4.78 is 0.845. The van der Waals surface area contributed by atoms with Crippen LogP contribution in [0.2, 0.25) is 0 Å². The Kier molecular flexibility index (Phi) is 4.96. The number of anilines is 2. The first-order valence-electron chi connectivity index (χ1n) is 6.83. The van der Waals surface area contributed by atoms with E-state index in [1.165, 1.54) is 0 Å². The standard InChI is InChI=1S/C16H18BrN3O/c1-3-4-12-8-11(9-15(18)19-12)16(21)20-14-7-10(2)5-6-13(14)17/h5-9H,3-4H2,1-2H3,(H2,18,19)(H,20,21). The molecule has 0 saturated heterocycles. The second-order valence-electron chi connectivity index (χ2n) is 4.96. The van der Waals surface area contributed by atoms with Crippen molar-refractivity contribution in [1.82, 2.24) is 4.98 Å². The molecular formula is C16H18BrN3O. The molecule has 4 nitrogen and oxygen atoms in total. The van der Waals surface area contributed by atoms with E-state index in [2.05, 4.69) is 33.2 Å². The summed E-state index contributed by atoms with van der Waals surface area (Å²) in [6.45, 7) is 4.04. The molecule has 0 saturated carbocycles. The van der Waals surface area contributed by atoms with Crippen LogP contribution in [0, 0.1) is 6.92 Å². The Bertz CT molecular complexity index is 671. The lowest BCUT2D eigenvalue weighted by Gasteiger charge is -2.10. The smallest absolute Gasteiger partial charge is 0.255 e. The lowest BCUT2D eigenvalue weighted by Crippen LogP contribution is -2.14. The first kappa shape index (κ1) is 15.5. The monoisotopic (exact) mass is 347 g/mol. The van der Waals surface area contributed by atoms with Gasteiger partial charge in [-0.05, 0) is 59.1 Å². The highest BCUT2D eigenvalue weighted by molar-refractivity contribution is 9.10. The molecule has 110 valence electrons. The van der Waals surface area contributed by atoms with E-state index in [0.29, 0.717) is 11.4 Å². The number of aromatic nitrogens is 1. The van der Waals surface area contributed by atoms with Gasteiger partial charge >= 0.3 is 0 Å². The van der Waals surface area contributed by atoms with Crippen LogP contribution >= 0.6 is 15.9 Å². The van der Waals surface area contributed by atoms with Gasteiger partial charge in [0.05, 0.1) is 5.69 Å². The normalized spacial score (nSPS) is 10.4. The fourth-order valence-corrected chi connectivity index (χ4v) is 2.40. The third-order valence-electron chi connectivity index (χ3n) is 3.04. The second-order valence-corrected chi connectivity index (χ2v) is 5.81. The van der Waals surface area contributed by atoms with E-state index in [1.807, 2.05) is 25.1 Å². The third kappa shape index (κ3) is 4.04. The predicted molar refractivity (Wildman–Crippen MR) is 89.5 cm³/mol. The topological polar surface area (TPSA) is 68.0 Å². The summed E-state index contributed by atoms with van der Waals surface area (Å²) in [6.07, 6.45) is 1.76. The minimum Gasteiger partial charge on any atom is -0.384 e. The molecule has 1 heterocycles. The summed E-state index contributed by atoms with van der Waals surface area (Å²) in [4.78, 5) is 16.6. The number of nitrogens with two attached hydrogens (primary N) is 1. The number of benzene rings is 1. The summed E-state index contributed by atoms with van der Waals surface area (Å²) in [5.41, 5.74) is 8.96. The molecule has 0 fully saturated rings. The van der Waals surface area contributed by atoms with E-state index in [-0.39, 0.29) is 5.91 Å². The van der Waals surface area contributed by atoms with Crippen LogP contribution in [0.1, 0.15) is 35.0 Å². The molecule has 1 aromatic heterocycles. The Labute approximate surface area is 132 Å². The van der Waals surface area contributed by atoms with Gasteiger partial charge in [0.25, 0.3) is 5.91 Å². The molecule has 0 aliphatic rings. The average molecular weight is 348 g/mol. The number of rotatable bonds is 4. The number of nitrogens with one attached hydrogen (secondary N) is 1. The van der Waals surface area contributed by atoms with Crippen molar-refractivity contribution >= 4 is 33.3 Å². The molecule has 0 atom stereocenters. The maximum Gasteiger partial charge on any atom is 0.255 e. The Morgan fingerprint density at radius 1 is 1.33 bits per heavy atom. The molecule has 21 heavy (non-hydrogen) atoms. The van der Waals surface area contributed by atoms with Crippen LogP contribution in [0.25, 0.3) is 0 Å². The fraction of sp³-hybridized carbons (Fsp3) is 0.250. The Balaban J connectivity index is 2.25. The molecule has 0 aliphatic carbocycles. The van der Waals surface area contributed by atoms with Crippen molar-refractivity contribution < 1.29 is 4.79 Å². The van der Waals surface area contributed by atoms with Gasteiger partial charge in [0.1, 0.15) is 5.82 Å². The second kappa shape index (κ2) is 6.72. The molecule has 2 aromatic rings. The van der Waals surface area contributed by atoms with Gasteiger partial charge in [-0.2, -0.15) is 0 Å². The first-order chi connectivity index (χ1) is 9.99. The first-order valence-corrected chi connectivity index (χ1v) is 7.63. The van der Waals surface area contributed by atoms with Crippen LogP contribution in [0.15, 0.2) is 34.8 Å². The maximum atomic E-state index is 12.4. The Hall–Kier alpha value is -1.88. The number of amides is 1. The van der Waals surface area contributed by atoms with Crippen molar-refractivity contribution in [3.63, 3.8) is 0 Å². The largest absolute Gasteiger partial charge is 0.384 e. The molecule has 0 aliphatic heterocycles. The zero-order valence-electron chi connectivity index (χ0n) is 12.1. The van der Waals surface area contributed by atoms with Gasteiger partial charge in [-0.15, -0.1) is 0 Å². The van der Waals surface area contributed by atoms with Crippen LogP contribution in [-0.2, 0) is 6.42 Å². The third-order valence-corrected chi connectivity index (χ3v) is 3.73. The van der Waals surface area contributed by atoms with Crippen molar-refractivity contribution in [3.05, 3.63) is 51.6 Å². The van der Waals surface area contributed by atoms with E-state index >= 15 is 0 Å². The van der Waals surface area contributed by atoms with Crippen LogP contribution < -0.4 is 11.1 Å². The van der Waals surface area contributed by atoms with E-state index in [4.69, 9.17) is 5.73 Å². The van der Waals surface area contributed by atoms with E-state index in [9.17, 15) is 4.79 Å². The number of pyridine rings is 1. The van der Waals surface area contributed by atoms with Gasteiger partial charge in [0.2, 0.25) is 0 Å². The fourth-order valence-electron chi connectivity index (χ4n) is 2.06. The van der Waals surface area contributed by atoms with Gasteiger partial charge < -0.3 is 11.1 Å². The molecule has 5 heteroatoms. The summed E-state index contributed by atoms with van der Waals surface area (Å²) in [7, 11) is 0. The molecule has 0 radical (unpaired) electrons. The molecule has 0 bridgehead atoms. The average Bonchev–Trinajstić information content (AvgIpc) is 2.42. The van der Waals surface area contributed by atoms with E-state index < -0.39 is 0 Å². The van der Waals surface area contributed by atoms with Crippen molar-refractivity contribution in [3.8, 4) is 0 Å². The van der Waals surface area contributed by atoms with Crippen molar-refractivity contribution in [2.24, 2.45) is 0 Å². The van der Waals surface area contributed by atoms with E-state index in [1.54, 1.807) is 12.1 Å². The molecule has 0 unspecified atom stereocenters. The molecule has 3 N–H and O–H groups in total. The lowest BCUT2D eigenvalue weighted by molar-refractivity contribution is 0.102. The number of nitrogen functional groups attached to an aromatic ring is 1. The van der Waals surface area contributed by atoms with E-state index in [0.717, 1.165) is 34.3 Å². The van der Waals surface area contributed by atoms with Gasteiger partial charge in [0, 0.05) is 15.7 Å². The zero-order chi connectivity index (χ0) is 15.4. The number of hydrogen-bond donors (Lipinski definition) is 2. The highest BCUT2D eigenvalue weighted by atomic mass is 79.9. The SMILES string of the molecule is CCCc1cc(C(=O)Nc2cc(C)ccc2Br)cc(N)n1. The maximum absolute atomic E-state index is 12.4. The molecule has 1 aromatic carbocycles. The number of carbonyl (C=O) groups excluding carboxylic acids is 1. The highest BCUT2D eigenvalue weighted by Gasteiger charge is 2.11. The summed E-state index contributed by atoms with van der Waals surface area (Å²) >= 11 is 3.43. The number of nitrogens with zero attached hydrogens (tertiary/aromatic N) is 1. The molecular weight excluding hydrogens is 330 g/mol. The lowest BCUT2D eigenvalue weighted by atomic mass is 10.1. The van der Waals surface area contributed by atoms with Gasteiger partial charge in [-0.1, -0.05) is 19.4 Å². The zero-order valence-corrected chi connectivity index (χ0v) is 13.7. The van der Waals surface area contributed by atoms with Crippen LogP contribution in [-0.4, -0.2) is 10.9 Å². The minimum atomic E-state index is -0.187. The predicted octanol–water partition coefficient (Wildman–Crippen LogP) is 3.94. The number of aryl methyl sites for hydroxylation is 2. The summed E-state index contributed by atoms with van der Waals surface area (Å²) in [6, 6.07) is 9.19. The number of carbonyl (C=O) groups is 1. The van der Waals surface area contributed by atoms with Gasteiger partial charge in [0.15, 0.2) is 0 Å². The molecule has 0 spiro atoms. The summed E-state index contributed by atoms with van der Waals surface area (Å²) in [5, 5.41) is 2.89. The van der Waals surface area contributed by atoms with Gasteiger partial charge in [-0.25, -0.2) is 4.98 Å². The minimum absolute atomic E-state index is 0.187. The van der Waals surface area contributed by atoms with Crippen molar-refractivity contribution in [2.75, 3.05) is 11.1 Å². The number of hydrogen-bond acceptors (Lipinski definition) is 3. The quantitative estimate of drug-likeness (QED) is 0.879.